The highest BCUT2D eigenvalue weighted by atomic mass is 19.1. The van der Waals surface area contributed by atoms with Crippen molar-refractivity contribution in [1.82, 2.24) is 24.9 Å². The van der Waals surface area contributed by atoms with Crippen molar-refractivity contribution in [2.24, 2.45) is 0 Å². The van der Waals surface area contributed by atoms with Gasteiger partial charge in [0.25, 0.3) is 0 Å². The van der Waals surface area contributed by atoms with E-state index in [2.05, 4.69) is 25.5 Å². The van der Waals surface area contributed by atoms with Gasteiger partial charge in [-0.3, -0.25) is 4.68 Å². The van der Waals surface area contributed by atoms with E-state index in [1.165, 1.54) is 23.1 Å². The summed E-state index contributed by atoms with van der Waals surface area (Å²) in [5.74, 6) is -1.15. The van der Waals surface area contributed by atoms with E-state index in [0.29, 0.717) is 22.6 Å². The number of aliphatic hydroxyl groups is 1. The van der Waals surface area contributed by atoms with Crippen LogP contribution in [-0.4, -0.2) is 42.2 Å². The minimum atomic E-state index is -1.07. The van der Waals surface area contributed by atoms with Gasteiger partial charge in [-0.25, -0.2) is 18.7 Å². The molecule has 0 radical (unpaired) electrons. The van der Waals surface area contributed by atoms with Crippen LogP contribution in [0.5, 0.6) is 0 Å². The van der Waals surface area contributed by atoms with Crippen LogP contribution in [0.25, 0.3) is 22.9 Å². The molecule has 1 aromatic carbocycles. The molecule has 0 aliphatic heterocycles. The lowest BCUT2D eigenvalue weighted by Crippen LogP contribution is -2.30. The van der Waals surface area contributed by atoms with E-state index in [-0.39, 0.29) is 30.8 Å². The molecule has 0 unspecified atom stereocenters. The molecule has 8 nitrogen and oxygen atoms in total. The Morgan fingerprint density at radius 3 is 2.77 bits per heavy atom. The summed E-state index contributed by atoms with van der Waals surface area (Å²) >= 11 is 0. The Hall–Kier alpha value is -3.66. The van der Waals surface area contributed by atoms with Crippen molar-refractivity contribution in [3.63, 3.8) is 0 Å². The predicted molar refractivity (Wildman–Crippen MR) is 109 cm³/mol. The van der Waals surface area contributed by atoms with Crippen molar-refractivity contribution in [3.8, 4) is 22.9 Å². The molecule has 10 heteroatoms. The van der Waals surface area contributed by atoms with Crippen LogP contribution in [-0.2, 0) is 6.54 Å². The summed E-state index contributed by atoms with van der Waals surface area (Å²) in [7, 11) is 0. The van der Waals surface area contributed by atoms with Gasteiger partial charge in [-0.05, 0) is 26.0 Å². The molecule has 0 fully saturated rings. The largest absolute Gasteiger partial charge is 0.389 e. The monoisotopic (exact) mass is 427 g/mol. The highest BCUT2D eigenvalue weighted by molar-refractivity contribution is 5.63. The summed E-state index contributed by atoms with van der Waals surface area (Å²) in [4.78, 5) is 8.21. The fourth-order valence-corrected chi connectivity index (χ4v) is 2.84. The molecule has 0 amide bonds. The molecule has 3 aromatic heterocycles. The number of aromatic nitrogens is 5. The molecule has 0 saturated carbocycles. The third kappa shape index (κ3) is 4.75. The van der Waals surface area contributed by atoms with Crippen LogP contribution >= 0.6 is 0 Å². The fourth-order valence-electron chi connectivity index (χ4n) is 2.84. The molecule has 4 aromatic rings. The van der Waals surface area contributed by atoms with Gasteiger partial charge in [-0.1, -0.05) is 23.3 Å². The second kappa shape index (κ2) is 8.23. The minimum Gasteiger partial charge on any atom is -0.389 e. The number of nitrogens with one attached hydrogen (secondary N) is 1. The zero-order chi connectivity index (χ0) is 22.9. The van der Waals surface area contributed by atoms with Crippen LogP contribution in [0, 0.1) is 11.6 Å². The van der Waals surface area contributed by atoms with Crippen molar-refractivity contribution in [3.05, 3.63) is 66.0 Å². The van der Waals surface area contributed by atoms with E-state index in [9.17, 15) is 13.9 Å². The van der Waals surface area contributed by atoms with Gasteiger partial charge < -0.3 is 14.9 Å². The van der Waals surface area contributed by atoms with Gasteiger partial charge in [-0.15, -0.1) is 0 Å². The summed E-state index contributed by atoms with van der Waals surface area (Å²) in [5.41, 5.74) is 0.545. The van der Waals surface area contributed by atoms with Gasteiger partial charge in [0.1, 0.15) is 23.5 Å². The Kier molecular flexibility index (Phi) is 5.13. The van der Waals surface area contributed by atoms with E-state index < -0.39 is 17.2 Å². The number of nitrogens with zero attached hydrogens (tertiary/aromatic N) is 5. The van der Waals surface area contributed by atoms with Crippen LogP contribution in [0.3, 0.4) is 0 Å². The zero-order valence-electron chi connectivity index (χ0n) is 17.8. The van der Waals surface area contributed by atoms with Crippen molar-refractivity contribution in [2.45, 2.75) is 26.0 Å². The fraction of sp³-hybridized carbons (Fsp3) is 0.238. The standard InChI is InChI=1S/C21H20F2N6O2/c1-21(2,30)12-25-19-15(23)10-24-20(26-19)17-9-18(16-7-8-31-28-16)29(27-17)11-13-5-3-4-6-14(13)22/h3-10,30H,11-12H2,1-2H3,(H,24,25,26)/i4D. The van der Waals surface area contributed by atoms with E-state index >= 15 is 0 Å². The summed E-state index contributed by atoms with van der Waals surface area (Å²) in [6.45, 7) is 3.29. The Bertz CT molecular complexity index is 1240. The smallest absolute Gasteiger partial charge is 0.183 e. The molecule has 3 heterocycles. The summed E-state index contributed by atoms with van der Waals surface area (Å²) in [5, 5.41) is 21.0. The van der Waals surface area contributed by atoms with Crippen molar-refractivity contribution in [1.29, 1.82) is 0 Å². The Balaban J connectivity index is 1.72. The molecular weight excluding hydrogens is 406 g/mol. The number of hydrogen-bond donors (Lipinski definition) is 2. The number of anilines is 1. The average Bonchev–Trinajstić information content (AvgIpc) is 3.39. The third-order valence-corrected chi connectivity index (χ3v) is 4.36. The molecule has 0 atom stereocenters. The number of hydrogen-bond acceptors (Lipinski definition) is 7. The Morgan fingerprint density at radius 2 is 2.06 bits per heavy atom. The van der Waals surface area contributed by atoms with E-state index in [0.717, 1.165) is 12.3 Å². The van der Waals surface area contributed by atoms with Crippen LogP contribution in [0.1, 0.15) is 20.8 Å². The molecule has 4 rings (SSSR count). The zero-order valence-corrected chi connectivity index (χ0v) is 16.8. The first-order valence-corrected chi connectivity index (χ1v) is 9.42. The number of halogens is 2. The molecule has 2 N–H and O–H groups in total. The molecule has 0 aliphatic rings. The second-order valence-electron chi connectivity index (χ2n) is 7.53. The van der Waals surface area contributed by atoms with Gasteiger partial charge in [0.15, 0.2) is 17.5 Å². The van der Waals surface area contributed by atoms with E-state index in [1.54, 1.807) is 26.0 Å². The lowest BCUT2D eigenvalue weighted by atomic mass is 10.1. The summed E-state index contributed by atoms with van der Waals surface area (Å²) in [6.07, 6.45) is 2.41. The van der Waals surface area contributed by atoms with Gasteiger partial charge in [-0.2, -0.15) is 5.10 Å². The first-order valence-electron chi connectivity index (χ1n) is 9.92. The maximum Gasteiger partial charge on any atom is 0.183 e. The first kappa shape index (κ1) is 19.3. The Labute approximate surface area is 178 Å². The summed E-state index contributed by atoms with van der Waals surface area (Å²) in [6, 6.07) is 7.46. The summed E-state index contributed by atoms with van der Waals surface area (Å²) < 4.78 is 42.5. The molecule has 0 bridgehead atoms. The molecule has 31 heavy (non-hydrogen) atoms. The average molecular weight is 427 g/mol. The van der Waals surface area contributed by atoms with Gasteiger partial charge in [0.05, 0.1) is 25.4 Å². The number of rotatable bonds is 7. The highest BCUT2D eigenvalue weighted by Crippen LogP contribution is 2.26. The minimum absolute atomic E-state index is 0.0549. The SMILES string of the molecule is [2H]c1ccc(Cn2nc(-c3ncc(F)c(NCC(C)(C)O)n3)cc2-c2ccon2)c(F)c1. The lowest BCUT2D eigenvalue weighted by molar-refractivity contribution is 0.0943. The number of benzene rings is 1. The highest BCUT2D eigenvalue weighted by Gasteiger charge is 2.19. The van der Waals surface area contributed by atoms with E-state index in [1.807, 2.05) is 0 Å². The topological polar surface area (TPSA) is 102 Å². The Morgan fingerprint density at radius 1 is 1.23 bits per heavy atom. The molecule has 0 aliphatic carbocycles. The van der Waals surface area contributed by atoms with Crippen molar-refractivity contribution < 1.29 is 19.8 Å². The van der Waals surface area contributed by atoms with Crippen molar-refractivity contribution >= 4 is 5.82 Å². The third-order valence-electron chi connectivity index (χ3n) is 4.36. The molecule has 0 saturated heterocycles. The van der Waals surface area contributed by atoms with E-state index in [4.69, 9.17) is 5.89 Å². The lowest BCUT2D eigenvalue weighted by Gasteiger charge is -2.18. The second-order valence-corrected chi connectivity index (χ2v) is 7.53. The van der Waals surface area contributed by atoms with Crippen molar-refractivity contribution in [2.75, 3.05) is 11.9 Å². The van der Waals surface area contributed by atoms with Crippen LogP contribution in [0.2, 0.25) is 0 Å². The normalized spacial score (nSPS) is 12.1. The molecular formula is C21H20F2N6O2. The predicted octanol–water partition coefficient (Wildman–Crippen LogP) is 3.50. The van der Waals surface area contributed by atoms with Crippen LogP contribution in [0.15, 0.2) is 53.4 Å². The first-order chi connectivity index (χ1) is 15.2. The van der Waals surface area contributed by atoms with Gasteiger partial charge >= 0.3 is 0 Å². The maximum absolute atomic E-state index is 14.3. The maximum atomic E-state index is 14.3. The van der Waals surface area contributed by atoms with Crippen LogP contribution < -0.4 is 5.32 Å². The molecule has 0 spiro atoms. The van der Waals surface area contributed by atoms with Crippen LogP contribution in [0.4, 0.5) is 14.6 Å². The molecule has 160 valence electrons. The van der Waals surface area contributed by atoms with Gasteiger partial charge in [0.2, 0.25) is 0 Å². The quantitative estimate of drug-likeness (QED) is 0.465. The van der Waals surface area contributed by atoms with Gasteiger partial charge in [0, 0.05) is 18.2 Å².